The fourth-order valence-corrected chi connectivity index (χ4v) is 2.07. The number of hydrogen-bond acceptors (Lipinski definition) is 3. The Morgan fingerprint density at radius 2 is 1.85 bits per heavy atom. The molecule has 1 heterocycles. The largest absolute Gasteiger partial charge is 0.492 e. The monoisotopic (exact) mass is 273 g/mol. The summed E-state index contributed by atoms with van der Waals surface area (Å²) in [5.41, 5.74) is 1.52. The molecule has 0 saturated heterocycles. The molecule has 0 bridgehead atoms. The molecule has 0 spiro atoms. The fourth-order valence-electron chi connectivity index (χ4n) is 2.07. The van der Waals surface area contributed by atoms with Crippen molar-refractivity contribution in [1.82, 2.24) is 5.32 Å². The Hall–Kier alpha value is -2.23. The second kappa shape index (κ2) is 6.28. The summed E-state index contributed by atoms with van der Waals surface area (Å²) in [5, 5.41) is 2.84. The number of hydrogen-bond donors (Lipinski definition) is 1. The van der Waals surface area contributed by atoms with E-state index in [4.69, 9.17) is 9.15 Å². The number of carbonyl (C=O) groups is 1. The van der Waals surface area contributed by atoms with E-state index in [1.54, 1.807) is 6.92 Å². The first-order valence-electron chi connectivity index (χ1n) is 6.62. The molecule has 2 rings (SSSR count). The first-order chi connectivity index (χ1) is 9.59. The molecule has 0 aliphatic carbocycles. The lowest BCUT2D eigenvalue weighted by molar-refractivity contribution is 0.0945. The first kappa shape index (κ1) is 14.2. The van der Waals surface area contributed by atoms with Gasteiger partial charge in [0.25, 0.3) is 5.91 Å². The molecule has 0 saturated carbocycles. The van der Waals surface area contributed by atoms with Crippen molar-refractivity contribution in [3.8, 4) is 5.75 Å². The topological polar surface area (TPSA) is 51.5 Å². The number of benzene rings is 1. The molecule has 1 N–H and O–H groups in total. The van der Waals surface area contributed by atoms with Crippen LogP contribution in [0.25, 0.3) is 0 Å². The zero-order chi connectivity index (χ0) is 14.5. The molecule has 4 nitrogen and oxygen atoms in total. The molecule has 1 amide bonds. The Morgan fingerprint density at radius 3 is 2.45 bits per heavy atom. The summed E-state index contributed by atoms with van der Waals surface area (Å²) >= 11 is 0. The number of nitrogens with one attached hydrogen (secondary N) is 1. The average Bonchev–Trinajstić information content (AvgIpc) is 2.69. The molecule has 1 aromatic heterocycles. The molecule has 0 aliphatic heterocycles. The van der Waals surface area contributed by atoms with Crippen LogP contribution in [-0.4, -0.2) is 19.1 Å². The van der Waals surface area contributed by atoms with Crippen LogP contribution < -0.4 is 10.1 Å². The molecular formula is C16H19NO3. The van der Waals surface area contributed by atoms with E-state index in [0.29, 0.717) is 24.5 Å². The van der Waals surface area contributed by atoms with E-state index in [1.807, 2.05) is 44.2 Å². The van der Waals surface area contributed by atoms with E-state index in [-0.39, 0.29) is 5.91 Å². The van der Waals surface area contributed by atoms with Crippen LogP contribution in [0.4, 0.5) is 0 Å². The Labute approximate surface area is 118 Å². The summed E-state index contributed by atoms with van der Waals surface area (Å²) in [7, 11) is 0. The van der Waals surface area contributed by atoms with Gasteiger partial charge in [-0.05, 0) is 32.9 Å². The highest BCUT2D eigenvalue weighted by Crippen LogP contribution is 2.20. The zero-order valence-electron chi connectivity index (χ0n) is 12.0. The van der Waals surface area contributed by atoms with Crippen LogP contribution in [0.3, 0.4) is 0 Å². The summed E-state index contributed by atoms with van der Waals surface area (Å²) in [5.74, 6) is 2.12. The number of aryl methyl sites for hydroxylation is 2. The molecule has 20 heavy (non-hydrogen) atoms. The number of furan rings is 1. The van der Waals surface area contributed by atoms with Gasteiger partial charge in [0, 0.05) is 5.56 Å². The zero-order valence-corrected chi connectivity index (χ0v) is 12.0. The Kier molecular flexibility index (Phi) is 4.45. The molecule has 0 fully saturated rings. The highest BCUT2D eigenvalue weighted by Gasteiger charge is 2.17. The van der Waals surface area contributed by atoms with Crippen molar-refractivity contribution in [2.24, 2.45) is 0 Å². The maximum Gasteiger partial charge on any atom is 0.255 e. The lowest BCUT2D eigenvalue weighted by Crippen LogP contribution is -2.28. The Morgan fingerprint density at radius 1 is 1.15 bits per heavy atom. The minimum absolute atomic E-state index is 0.117. The van der Waals surface area contributed by atoms with E-state index >= 15 is 0 Å². The number of carbonyl (C=O) groups excluding carboxylic acids is 1. The van der Waals surface area contributed by atoms with Crippen LogP contribution in [0.2, 0.25) is 0 Å². The maximum absolute atomic E-state index is 12.1. The highest BCUT2D eigenvalue weighted by molar-refractivity contribution is 5.96. The van der Waals surface area contributed by atoms with E-state index in [9.17, 15) is 4.79 Å². The highest BCUT2D eigenvalue weighted by atomic mass is 16.5. The number of amides is 1. The fraction of sp³-hybridized carbons (Fsp3) is 0.312. The van der Waals surface area contributed by atoms with Gasteiger partial charge in [0.2, 0.25) is 0 Å². The minimum Gasteiger partial charge on any atom is -0.492 e. The van der Waals surface area contributed by atoms with E-state index in [0.717, 1.165) is 17.1 Å². The van der Waals surface area contributed by atoms with Gasteiger partial charge in [-0.15, -0.1) is 0 Å². The number of rotatable bonds is 5. The van der Waals surface area contributed by atoms with Crippen LogP contribution in [0.5, 0.6) is 5.75 Å². The predicted molar refractivity (Wildman–Crippen MR) is 77.2 cm³/mol. The number of para-hydroxylation sites is 1. The van der Waals surface area contributed by atoms with Crippen LogP contribution in [-0.2, 0) is 0 Å². The maximum atomic E-state index is 12.1. The van der Waals surface area contributed by atoms with Gasteiger partial charge in [-0.1, -0.05) is 18.2 Å². The predicted octanol–water partition coefficient (Wildman–Crippen LogP) is 3.01. The third-order valence-corrected chi connectivity index (χ3v) is 3.19. The summed E-state index contributed by atoms with van der Waals surface area (Å²) in [6.45, 7) is 6.44. The van der Waals surface area contributed by atoms with Crippen molar-refractivity contribution in [3.63, 3.8) is 0 Å². The Bertz CT molecular complexity index is 587. The average molecular weight is 273 g/mol. The van der Waals surface area contributed by atoms with Crippen LogP contribution >= 0.6 is 0 Å². The van der Waals surface area contributed by atoms with Crippen LogP contribution in [0, 0.1) is 20.8 Å². The van der Waals surface area contributed by atoms with Gasteiger partial charge >= 0.3 is 0 Å². The molecule has 2 aromatic rings. The molecule has 4 heteroatoms. The molecule has 1 aromatic carbocycles. The van der Waals surface area contributed by atoms with Crippen molar-refractivity contribution in [2.75, 3.05) is 13.2 Å². The van der Waals surface area contributed by atoms with Gasteiger partial charge in [0.15, 0.2) is 0 Å². The van der Waals surface area contributed by atoms with Crippen molar-refractivity contribution in [1.29, 1.82) is 0 Å². The molecule has 0 aliphatic rings. The third kappa shape index (κ3) is 3.20. The standard InChI is InChI=1S/C16H19NO3/c1-11-12(2)20-13(3)15(11)16(18)17-9-10-19-14-7-5-4-6-8-14/h4-8H,9-10H2,1-3H3,(H,17,18). The molecule has 0 unspecified atom stereocenters. The second-order valence-electron chi connectivity index (χ2n) is 4.63. The van der Waals surface area contributed by atoms with E-state index in [2.05, 4.69) is 5.32 Å². The Balaban J connectivity index is 1.84. The van der Waals surface area contributed by atoms with Crippen LogP contribution in [0.1, 0.15) is 27.4 Å². The van der Waals surface area contributed by atoms with Crippen molar-refractivity contribution < 1.29 is 13.9 Å². The van der Waals surface area contributed by atoms with E-state index in [1.165, 1.54) is 0 Å². The quantitative estimate of drug-likeness (QED) is 0.852. The molecule has 0 atom stereocenters. The van der Waals surface area contributed by atoms with E-state index < -0.39 is 0 Å². The van der Waals surface area contributed by atoms with Gasteiger partial charge in [0.1, 0.15) is 23.9 Å². The molecular weight excluding hydrogens is 254 g/mol. The second-order valence-corrected chi connectivity index (χ2v) is 4.63. The lowest BCUT2D eigenvalue weighted by Gasteiger charge is -2.07. The summed E-state index contributed by atoms with van der Waals surface area (Å²) < 4.78 is 11.0. The SMILES string of the molecule is Cc1oc(C)c(C(=O)NCCOc2ccccc2)c1C. The lowest BCUT2D eigenvalue weighted by atomic mass is 10.1. The van der Waals surface area contributed by atoms with Gasteiger partial charge in [-0.25, -0.2) is 0 Å². The van der Waals surface area contributed by atoms with Gasteiger partial charge in [0.05, 0.1) is 12.1 Å². The van der Waals surface area contributed by atoms with Crippen molar-refractivity contribution >= 4 is 5.91 Å². The smallest absolute Gasteiger partial charge is 0.255 e. The molecule has 0 radical (unpaired) electrons. The van der Waals surface area contributed by atoms with Crippen molar-refractivity contribution in [3.05, 3.63) is 53.0 Å². The first-order valence-corrected chi connectivity index (χ1v) is 6.62. The third-order valence-electron chi connectivity index (χ3n) is 3.19. The summed E-state index contributed by atoms with van der Waals surface area (Å²) in [6.07, 6.45) is 0. The summed E-state index contributed by atoms with van der Waals surface area (Å²) in [4.78, 5) is 12.1. The summed E-state index contributed by atoms with van der Waals surface area (Å²) in [6, 6.07) is 9.52. The van der Waals surface area contributed by atoms with Crippen LogP contribution in [0.15, 0.2) is 34.7 Å². The van der Waals surface area contributed by atoms with Gasteiger partial charge in [-0.3, -0.25) is 4.79 Å². The number of ether oxygens (including phenoxy) is 1. The normalized spacial score (nSPS) is 10.3. The van der Waals surface area contributed by atoms with Gasteiger partial charge in [-0.2, -0.15) is 0 Å². The molecule has 106 valence electrons. The van der Waals surface area contributed by atoms with Gasteiger partial charge < -0.3 is 14.5 Å². The minimum atomic E-state index is -0.117. The van der Waals surface area contributed by atoms with Crippen molar-refractivity contribution in [2.45, 2.75) is 20.8 Å².